The molecule has 0 aliphatic rings. The second-order valence-corrected chi connectivity index (χ2v) is 5.17. The van der Waals surface area contributed by atoms with Crippen molar-refractivity contribution in [2.24, 2.45) is 0 Å². The van der Waals surface area contributed by atoms with Crippen LogP contribution in [0.1, 0.15) is 6.92 Å². The SMILES string of the molecule is C[C@@](F)(OC(F)(F)Br)C(F)(F)OC(F)(F)C(F)(F)C(F)(F)C(F)(F)F. The molecule has 0 N–H and O–H groups in total. The first-order valence-corrected chi connectivity index (χ1v) is 5.94. The summed E-state index contributed by atoms with van der Waals surface area (Å²) in [4.78, 5) is 0. The maximum absolute atomic E-state index is 13.2. The molecule has 25 heavy (non-hydrogen) atoms. The number of alkyl halides is 15. The minimum atomic E-state index is -7.69. The van der Waals surface area contributed by atoms with E-state index in [0.29, 0.717) is 0 Å². The molecule has 0 aliphatic carbocycles. The molecule has 0 unspecified atom stereocenters. The predicted molar refractivity (Wildman–Crippen MR) is 51.4 cm³/mol. The maximum atomic E-state index is 13.2. The quantitative estimate of drug-likeness (QED) is 0.348. The molecule has 0 saturated carbocycles. The Morgan fingerprint density at radius 3 is 1.20 bits per heavy atom. The summed E-state index contributed by atoms with van der Waals surface area (Å²) in [6, 6.07) is 0. The van der Waals surface area contributed by atoms with Crippen molar-refractivity contribution in [2.75, 3.05) is 0 Å². The van der Waals surface area contributed by atoms with Crippen LogP contribution in [0.3, 0.4) is 0 Å². The molecule has 0 amide bonds. The summed E-state index contributed by atoms with van der Waals surface area (Å²) in [5.41, 5.74) is 0. The Labute approximate surface area is 136 Å². The summed E-state index contributed by atoms with van der Waals surface area (Å²) in [6.07, 6.45) is -21.3. The van der Waals surface area contributed by atoms with Gasteiger partial charge >= 0.3 is 41.1 Å². The molecule has 152 valence electrons. The summed E-state index contributed by atoms with van der Waals surface area (Å²) in [5, 5.41) is -5.02. The van der Waals surface area contributed by atoms with Gasteiger partial charge in [0.2, 0.25) is 0 Å². The Balaban J connectivity index is 5.83. The minimum Gasteiger partial charge on any atom is -0.265 e. The molecule has 0 spiro atoms. The molecule has 1 atom stereocenters. The number of hydrogen-bond donors (Lipinski definition) is 0. The average molecular weight is 477 g/mol. The van der Waals surface area contributed by atoms with E-state index in [1.807, 2.05) is 0 Å². The van der Waals surface area contributed by atoms with Crippen LogP contribution in [0.4, 0.5) is 61.5 Å². The van der Waals surface area contributed by atoms with Gasteiger partial charge in [0.05, 0.1) is 0 Å². The van der Waals surface area contributed by atoms with Crippen LogP contribution < -0.4 is 0 Å². The van der Waals surface area contributed by atoms with Crippen molar-refractivity contribution in [1.29, 1.82) is 0 Å². The van der Waals surface area contributed by atoms with Crippen molar-refractivity contribution in [3.63, 3.8) is 0 Å². The molecule has 0 aromatic carbocycles. The largest absolute Gasteiger partial charge is 0.460 e. The predicted octanol–water partition coefficient (Wildman–Crippen LogP) is 5.67. The number of hydrogen-bond acceptors (Lipinski definition) is 2. The van der Waals surface area contributed by atoms with Gasteiger partial charge in [0.25, 0.3) is 0 Å². The van der Waals surface area contributed by atoms with E-state index in [1.54, 1.807) is 4.74 Å². The lowest BCUT2D eigenvalue weighted by atomic mass is 10.1. The van der Waals surface area contributed by atoms with E-state index in [0.717, 1.165) is 15.9 Å². The van der Waals surface area contributed by atoms with Crippen LogP contribution in [0.15, 0.2) is 0 Å². The Morgan fingerprint density at radius 1 is 0.560 bits per heavy atom. The third kappa shape index (κ3) is 4.78. The minimum absolute atomic E-state index is 0.779. The molecular formula is C8H3BrF14O2. The van der Waals surface area contributed by atoms with E-state index in [9.17, 15) is 61.5 Å². The number of halogens is 15. The summed E-state index contributed by atoms with van der Waals surface area (Å²) in [6.45, 7) is -0.779. The first kappa shape index (κ1) is 24.4. The first-order chi connectivity index (χ1) is 10.4. The van der Waals surface area contributed by atoms with Gasteiger partial charge in [-0.1, -0.05) is 0 Å². The summed E-state index contributed by atoms with van der Waals surface area (Å²) < 4.78 is 179. The van der Waals surface area contributed by atoms with Crippen LogP contribution in [-0.2, 0) is 9.47 Å². The fraction of sp³-hybridized carbons (Fsp3) is 1.00. The highest BCUT2D eigenvalue weighted by atomic mass is 79.9. The molecule has 0 saturated heterocycles. The van der Waals surface area contributed by atoms with Gasteiger partial charge in [0.1, 0.15) is 0 Å². The normalized spacial score (nSPS) is 18.2. The van der Waals surface area contributed by atoms with Gasteiger partial charge in [-0.05, 0) is 0 Å². The first-order valence-electron chi connectivity index (χ1n) is 5.15. The fourth-order valence-corrected chi connectivity index (χ4v) is 1.26. The van der Waals surface area contributed by atoms with E-state index < -0.39 is 48.0 Å². The van der Waals surface area contributed by atoms with E-state index in [-0.39, 0.29) is 0 Å². The van der Waals surface area contributed by atoms with Crippen molar-refractivity contribution in [3.05, 3.63) is 0 Å². The lowest BCUT2D eigenvalue weighted by Crippen LogP contribution is -2.64. The molecule has 0 aromatic rings. The standard InChI is InChI=1S/C8H3BrF14O2/c1-2(10,24-8(9,22)23)6(18,19)25-7(20,21)4(13,14)3(11,12)5(15,16)17/h1H3/t2-/m1/s1. The zero-order chi connectivity index (χ0) is 20.9. The van der Waals surface area contributed by atoms with Crippen LogP contribution >= 0.6 is 15.9 Å². The Kier molecular flexibility index (Phi) is 6.10. The highest BCUT2D eigenvalue weighted by molar-refractivity contribution is 9.09. The van der Waals surface area contributed by atoms with Crippen LogP contribution in [0.2, 0.25) is 0 Å². The molecule has 2 nitrogen and oxygen atoms in total. The van der Waals surface area contributed by atoms with Crippen molar-refractivity contribution in [2.45, 2.75) is 48.0 Å². The van der Waals surface area contributed by atoms with Crippen LogP contribution in [-0.4, -0.2) is 41.1 Å². The van der Waals surface area contributed by atoms with Gasteiger partial charge < -0.3 is 0 Å². The lowest BCUT2D eigenvalue weighted by molar-refractivity contribution is -0.515. The Hall–Kier alpha value is -0.580. The molecular weight excluding hydrogens is 474 g/mol. The van der Waals surface area contributed by atoms with Crippen molar-refractivity contribution in [3.8, 4) is 0 Å². The van der Waals surface area contributed by atoms with Crippen LogP contribution in [0.25, 0.3) is 0 Å². The summed E-state index contributed by atoms with van der Waals surface area (Å²) >= 11 is 1.09. The molecule has 0 rings (SSSR count). The molecule has 0 aromatic heterocycles. The van der Waals surface area contributed by atoms with Crippen molar-refractivity contribution >= 4 is 15.9 Å². The molecule has 0 bridgehead atoms. The second kappa shape index (κ2) is 6.24. The van der Waals surface area contributed by atoms with Crippen molar-refractivity contribution in [1.82, 2.24) is 0 Å². The van der Waals surface area contributed by atoms with Crippen LogP contribution in [0, 0.1) is 0 Å². The van der Waals surface area contributed by atoms with Gasteiger partial charge in [-0.25, -0.2) is 9.13 Å². The third-order valence-corrected chi connectivity index (χ3v) is 2.36. The van der Waals surface area contributed by atoms with E-state index in [4.69, 9.17) is 0 Å². The van der Waals surface area contributed by atoms with Crippen LogP contribution in [0.5, 0.6) is 0 Å². The molecule has 0 aliphatic heterocycles. The zero-order valence-electron chi connectivity index (χ0n) is 11.0. The van der Waals surface area contributed by atoms with Gasteiger partial charge in [0, 0.05) is 22.9 Å². The van der Waals surface area contributed by atoms with E-state index in [2.05, 4.69) is 4.74 Å². The maximum Gasteiger partial charge on any atom is 0.460 e. The number of ether oxygens (including phenoxy) is 2. The summed E-state index contributed by atoms with van der Waals surface area (Å²) in [5.74, 6) is -20.7. The van der Waals surface area contributed by atoms with Gasteiger partial charge in [-0.15, -0.1) is 0 Å². The highest BCUT2D eigenvalue weighted by Crippen LogP contribution is 2.55. The molecule has 0 heterocycles. The smallest absolute Gasteiger partial charge is 0.265 e. The zero-order valence-corrected chi connectivity index (χ0v) is 12.6. The third-order valence-electron chi connectivity index (χ3n) is 2.20. The van der Waals surface area contributed by atoms with Gasteiger partial charge in [-0.3, -0.25) is 4.74 Å². The molecule has 0 fully saturated rings. The average Bonchev–Trinajstić information content (AvgIpc) is 2.21. The summed E-state index contributed by atoms with van der Waals surface area (Å²) in [7, 11) is 0. The fourth-order valence-electron chi connectivity index (χ4n) is 0.954. The topological polar surface area (TPSA) is 18.5 Å². The Morgan fingerprint density at radius 2 is 0.920 bits per heavy atom. The molecule has 0 radical (unpaired) electrons. The van der Waals surface area contributed by atoms with Gasteiger partial charge in [0.15, 0.2) is 0 Å². The Bertz CT molecular complexity index is 478. The van der Waals surface area contributed by atoms with E-state index in [1.165, 1.54) is 0 Å². The van der Waals surface area contributed by atoms with Gasteiger partial charge in [-0.2, -0.15) is 57.1 Å². The molecule has 17 heteroatoms. The number of rotatable bonds is 7. The van der Waals surface area contributed by atoms with Crippen molar-refractivity contribution < 1.29 is 70.9 Å². The lowest BCUT2D eigenvalue weighted by Gasteiger charge is -2.37. The second-order valence-electron chi connectivity index (χ2n) is 4.25. The van der Waals surface area contributed by atoms with E-state index >= 15 is 0 Å². The highest BCUT2D eigenvalue weighted by Gasteiger charge is 2.84. The monoisotopic (exact) mass is 476 g/mol.